The molecule has 0 fully saturated rings. The van der Waals surface area contributed by atoms with E-state index in [-0.39, 0.29) is 11.9 Å². The van der Waals surface area contributed by atoms with Crippen LogP contribution in [0.5, 0.6) is 5.75 Å². The molecular weight excluding hydrogens is 422 g/mol. The molecule has 1 aliphatic heterocycles. The first-order chi connectivity index (χ1) is 15.5. The van der Waals surface area contributed by atoms with Crippen LogP contribution in [0, 0.1) is 6.92 Å². The van der Waals surface area contributed by atoms with E-state index in [1.54, 1.807) is 7.11 Å². The van der Waals surface area contributed by atoms with Gasteiger partial charge in [-0.15, -0.1) is 0 Å². The number of benzene rings is 3. The minimum Gasteiger partial charge on any atom is -0.497 e. The van der Waals surface area contributed by atoms with Gasteiger partial charge in [0, 0.05) is 22.7 Å². The molecule has 4 aromatic rings. The summed E-state index contributed by atoms with van der Waals surface area (Å²) in [5, 5.41) is 8.22. The van der Waals surface area contributed by atoms with E-state index in [2.05, 4.69) is 29.3 Å². The smallest absolute Gasteiger partial charge is 0.273 e. The maximum Gasteiger partial charge on any atom is 0.273 e. The average molecular weight is 444 g/mol. The number of nitrogens with zero attached hydrogens (tertiary/aromatic N) is 2. The Kier molecular flexibility index (Phi) is 5.19. The molecule has 1 atom stereocenters. The van der Waals surface area contributed by atoms with Gasteiger partial charge in [-0.2, -0.15) is 5.10 Å². The van der Waals surface area contributed by atoms with Crippen LogP contribution < -0.4 is 4.74 Å². The van der Waals surface area contributed by atoms with E-state index in [1.807, 2.05) is 65.6 Å². The van der Waals surface area contributed by atoms with Gasteiger partial charge in [0.25, 0.3) is 5.91 Å². The van der Waals surface area contributed by atoms with E-state index < -0.39 is 0 Å². The van der Waals surface area contributed by atoms with Crippen LogP contribution in [0.25, 0.3) is 11.3 Å². The molecule has 0 radical (unpaired) electrons. The Balaban J connectivity index is 1.62. The van der Waals surface area contributed by atoms with Gasteiger partial charge < -0.3 is 9.64 Å². The number of amides is 1. The van der Waals surface area contributed by atoms with E-state index in [4.69, 9.17) is 16.3 Å². The van der Waals surface area contributed by atoms with Crippen LogP contribution >= 0.6 is 11.6 Å². The highest BCUT2D eigenvalue weighted by atomic mass is 35.5. The molecule has 5 rings (SSSR count). The molecule has 160 valence electrons. The van der Waals surface area contributed by atoms with Crippen molar-refractivity contribution in [1.29, 1.82) is 0 Å². The van der Waals surface area contributed by atoms with Crippen molar-refractivity contribution in [1.82, 2.24) is 15.1 Å². The molecule has 0 saturated carbocycles. The number of carbonyl (C=O) groups is 1. The Morgan fingerprint density at radius 2 is 1.69 bits per heavy atom. The predicted octanol–water partition coefficient (Wildman–Crippen LogP) is 5.79. The minimum atomic E-state index is -0.269. The molecule has 0 saturated heterocycles. The van der Waals surface area contributed by atoms with Crippen LogP contribution in [0.1, 0.15) is 38.8 Å². The number of carbonyl (C=O) groups excluding carboxylic acids is 1. The maximum absolute atomic E-state index is 13.5. The Morgan fingerprint density at radius 1 is 1.00 bits per heavy atom. The third-order valence-electron chi connectivity index (χ3n) is 5.89. The Labute approximate surface area is 191 Å². The number of H-pyrrole nitrogens is 1. The fraction of sp³-hybridized carbons (Fsp3) is 0.154. The van der Waals surface area contributed by atoms with Crippen molar-refractivity contribution >= 4 is 17.5 Å². The Morgan fingerprint density at radius 3 is 2.34 bits per heavy atom. The summed E-state index contributed by atoms with van der Waals surface area (Å²) in [6, 6.07) is 23.4. The van der Waals surface area contributed by atoms with E-state index in [0.717, 1.165) is 33.7 Å². The van der Waals surface area contributed by atoms with E-state index >= 15 is 0 Å². The van der Waals surface area contributed by atoms with Crippen LogP contribution in [-0.4, -0.2) is 28.1 Å². The van der Waals surface area contributed by atoms with Gasteiger partial charge in [0.15, 0.2) is 0 Å². The lowest BCUT2D eigenvalue weighted by Gasteiger charge is -2.26. The number of ether oxygens (including phenoxy) is 1. The molecular formula is C26H22ClN3O2. The summed E-state index contributed by atoms with van der Waals surface area (Å²) in [5.74, 6) is 0.704. The van der Waals surface area contributed by atoms with Crippen molar-refractivity contribution in [3.05, 3.63) is 106 Å². The molecule has 0 aliphatic carbocycles. The summed E-state index contributed by atoms with van der Waals surface area (Å²) in [7, 11) is 1.64. The highest BCUT2D eigenvalue weighted by molar-refractivity contribution is 6.30. The largest absolute Gasteiger partial charge is 0.497 e. The van der Waals surface area contributed by atoms with Crippen molar-refractivity contribution in [2.75, 3.05) is 7.11 Å². The number of hydrogen-bond donors (Lipinski definition) is 1. The first-order valence-corrected chi connectivity index (χ1v) is 10.8. The highest BCUT2D eigenvalue weighted by Crippen LogP contribution is 2.43. The molecule has 1 amide bonds. The van der Waals surface area contributed by atoms with Gasteiger partial charge in [0.1, 0.15) is 11.4 Å². The van der Waals surface area contributed by atoms with Gasteiger partial charge >= 0.3 is 0 Å². The second-order valence-electron chi connectivity index (χ2n) is 7.96. The summed E-state index contributed by atoms with van der Waals surface area (Å²) in [6.07, 6.45) is 0. The zero-order valence-electron chi connectivity index (χ0n) is 17.8. The van der Waals surface area contributed by atoms with Crippen molar-refractivity contribution < 1.29 is 9.53 Å². The number of fused-ring (bicyclic) bond motifs is 1. The summed E-state index contributed by atoms with van der Waals surface area (Å²) in [5.41, 5.74) is 6.40. The number of rotatable bonds is 5. The number of aromatic nitrogens is 2. The summed E-state index contributed by atoms with van der Waals surface area (Å²) in [4.78, 5) is 15.4. The molecule has 1 unspecified atom stereocenters. The number of aromatic amines is 1. The van der Waals surface area contributed by atoms with Crippen LogP contribution in [0.4, 0.5) is 0 Å². The topological polar surface area (TPSA) is 58.2 Å². The molecule has 0 bridgehead atoms. The summed E-state index contributed by atoms with van der Waals surface area (Å²) < 4.78 is 5.33. The van der Waals surface area contributed by atoms with E-state index in [9.17, 15) is 4.79 Å². The predicted molar refractivity (Wildman–Crippen MR) is 125 cm³/mol. The molecule has 1 N–H and O–H groups in total. The fourth-order valence-corrected chi connectivity index (χ4v) is 4.34. The maximum atomic E-state index is 13.5. The molecule has 3 aromatic carbocycles. The Hall–Kier alpha value is -3.57. The molecule has 32 heavy (non-hydrogen) atoms. The zero-order chi connectivity index (χ0) is 22.2. The highest BCUT2D eigenvalue weighted by Gasteiger charge is 2.42. The molecule has 6 heteroatoms. The van der Waals surface area contributed by atoms with Gasteiger partial charge in [-0.3, -0.25) is 9.89 Å². The third-order valence-corrected chi connectivity index (χ3v) is 6.14. The Bertz CT molecular complexity index is 1260. The van der Waals surface area contributed by atoms with Crippen LogP contribution in [0.2, 0.25) is 5.02 Å². The third kappa shape index (κ3) is 3.55. The van der Waals surface area contributed by atoms with Gasteiger partial charge in [-0.05, 0) is 42.3 Å². The number of methoxy groups -OCH3 is 1. The molecule has 1 aromatic heterocycles. The zero-order valence-corrected chi connectivity index (χ0v) is 18.6. The molecule has 2 heterocycles. The van der Waals surface area contributed by atoms with Gasteiger partial charge in [0.2, 0.25) is 0 Å². The van der Waals surface area contributed by atoms with E-state index in [1.165, 1.54) is 5.56 Å². The number of aryl methyl sites for hydroxylation is 1. The van der Waals surface area contributed by atoms with E-state index in [0.29, 0.717) is 17.3 Å². The quantitative estimate of drug-likeness (QED) is 0.424. The lowest BCUT2D eigenvalue weighted by atomic mass is 9.95. The normalized spacial score (nSPS) is 15.2. The number of hydrogen-bond acceptors (Lipinski definition) is 3. The second-order valence-corrected chi connectivity index (χ2v) is 8.40. The molecule has 1 aliphatic rings. The van der Waals surface area contributed by atoms with Gasteiger partial charge in [0.05, 0.1) is 18.8 Å². The SMILES string of the molecule is COc1ccc(C2c3c(-c4ccc(C)cc4)n[nH]c3C(=O)N2Cc2ccc(Cl)cc2)cc1. The lowest BCUT2D eigenvalue weighted by Crippen LogP contribution is -2.29. The molecule has 5 nitrogen and oxygen atoms in total. The minimum absolute atomic E-state index is 0.0679. The van der Waals surface area contributed by atoms with Crippen molar-refractivity contribution in [2.45, 2.75) is 19.5 Å². The first-order valence-electron chi connectivity index (χ1n) is 10.4. The van der Waals surface area contributed by atoms with Gasteiger partial charge in [-0.25, -0.2) is 0 Å². The molecule has 0 spiro atoms. The van der Waals surface area contributed by atoms with Crippen molar-refractivity contribution in [2.24, 2.45) is 0 Å². The summed E-state index contributed by atoms with van der Waals surface area (Å²) in [6.45, 7) is 2.51. The van der Waals surface area contributed by atoms with Crippen LogP contribution in [0.15, 0.2) is 72.8 Å². The number of nitrogens with one attached hydrogen (secondary N) is 1. The van der Waals surface area contributed by atoms with Crippen LogP contribution in [-0.2, 0) is 6.54 Å². The summed E-state index contributed by atoms with van der Waals surface area (Å²) >= 11 is 6.06. The first kappa shape index (κ1) is 20.3. The monoisotopic (exact) mass is 443 g/mol. The number of halogens is 1. The fourth-order valence-electron chi connectivity index (χ4n) is 4.21. The van der Waals surface area contributed by atoms with Crippen molar-refractivity contribution in [3.63, 3.8) is 0 Å². The lowest BCUT2D eigenvalue weighted by molar-refractivity contribution is 0.0730. The van der Waals surface area contributed by atoms with Crippen molar-refractivity contribution in [3.8, 4) is 17.0 Å². The van der Waals surface area contributed by atoms with Crippen LogP contribution in [0.3, 0.4) is 0 Å². The standard InChI is InChI=1S/C26H22ClN3O2/c1-16-3-7-18(8-4-16)23-22-24(29-28-23)26(31)30(15-17-5-11-20(27)12-6-17)25(22)19-9-13-21(32-2)14-10-19/h3-14,25H,15H2,1-2H3,(H,28,29). The average Bonchev–Trinajstić information content (AvgIpc) is 3.35. The second kappa shape index (κ2) is 8.17. The van der Waals surface area contributed by atoms with Gasteiger partial charge in [-0.1, -0.05) is 65.7 Å².